The number of rotatable bonds is 6. The molecule has 1 saturated carbocycles. The fraction of sp³-hybridized carbons (Fsp3) is 0.353. The van der Waals surface area contributed by atoms with Crippen LogP contribution in [0.1, 0.15) is 79.2 Å². The van der Waals surface area contributed by atoms with E-state index in [-0.39, 0.29) is 22.7 Å². The minimum atomic E-state index is -1.15. The number of benzene rings is 2. The molecule has 2 N–H and O–H groups in total. The lowest BCUT2D eigenvalue weighted by molar-refractivity contribution is 0.0786. The summed E-state index contributed by atoms with van der Waals surface area (Å²) >= 11 is 0. The van der Waals surface area contributed by atoms with Crippen LogP contribution in [0.15, 0.2) is 47.5 Å². The van der Waals surface area contributed by atoms with E-state index in [0.29, 0.717) is 50.9 Å². The van der Waals surface area contributed by atoms with Crippen molar-refractivity contribution < 1.29 is 19.0 Å². The van der Waals surface area contributed by atoms with Gasteiger partial charge in [-0.1, -0.05) is 24.8 Å². The van der Waals surface area contributed by atoms with Crippen molar-refractivity contribution in [2.75, 3.05) is 7.11 Å². The smallest absolute Gasteiger partial charge is 0.269 e. The number of nitrogens with zero attached hydrogens (tertiary/aromatic N) is 2. The summed E-state index contributed by atoms with van der Waals surface area (Å²) in [6.07, 6.45) is 8.00. The first-order valence-corrected chi connectivity index (χ1v) is 14.1. The van der Waals surface area contributed by atoms with Gasteiger partial charge in [-0.3, -0.25) is 4.79 Å². The summed E-state index contributed by atoms with van der Waals surface area (Å²) in [5, 5.41) is 10.8. The maximum atomic E-state index is 14.0. The lowest BCUT2D eigenvalue weighted by Crippen LogP contribution is -2.21. The molecule has 0 bridgehead atoms. The van der Waals surface area contributed by atoms with Crippen molar-refractivity contribution in [2.24, 2.45) is 7.05 Å². The molecular weight excluding hydrogens is 533 g/mol. The first-order valence-electron chi connectivity index (χ1n) is 14.1. The van der Waals surface area contributed by atoms with E-state index in [1.807, 2.05) is 6.07 Å². The number of aryl methyl sites for hydroxylation is 3. The number of H-pyrrole nitrogens is 1. The second kappa shape index (κ2) is 11.5. The molecule has 8 heteroatoms. The predicted octanol–water partition coefficient (Wildman–Crippen LogP) is 6.62. The van der Waals surface area contributed by atoms with Gasteiger partial charge in [0.05, 0.1) is 18.9 Å². The molecule has 4 aromatic rings. The highest BCUT2D eigenvalue weighted by molar-refractivity contribution is 5.79. The molecule has 1 aliphatic rings. The fourth-order valence-corrected chi connectivity index (χ4v) is 5.55. The Morgan fingerprint density at radius 2 is 1.76 bits per heavy atom. The number of nitrogens with one attached hydrogen (secondary N) is 1. The third kappa shape index (κ3) is 5.83. The minimum absolute atomic E-state index is 0.184. The number of imidazole rings is 1. The number of aromatic amines is 1. The zero-order chi connectivity index (χ0) is 30.2. The number of halogens is 1. The highest BCUT2D eigenvalue weighted by atomic mass is 19.1. The Hall–Kier alpha value is -4.35. The predicted molar refractivity (Wildman–Crippen MR) is 161 cm³/mol. The Kier molecular flexibility index (Phi) is 7.98. The highest BCUT2D eigenvalue weighted by Gasteiger charge is 2.24. The molecule has 42 heavy (non-hydrogen) atoms. The summed E-state index contributed by atoms with van der Waals surface area (Å²) in [6, 6.07) is 8.19. The van der Waals surface area contributed by atoms with Crippen LogP contribution in [-0.4, -0.2) is 26.8 Å². The summed E-state index contributed by atoms with van der Waals surface area (Å²) < 4.78 is 27.7. The molecule has 0 spiro atoms. The normalized spacial score (nSPS) is 13.6. The van der Waals surface area contributed by atoms with E-state index >= 15 is 0 Å². The Labute approximate surface area is 245 Å². The molecule has 0 aliphatic heterocycles. The SMILES string of the molecule is COc1c(-c2cc(C(C)(C)O)ccc2Oc2c(C)cc(F)cc2C)cn(C)c(=O)c1C#Cc1cnc(C2CCCC2)[nH]1. The molecule has 0 radical (unpaired) electrons. The van der Waals surface area contributed by atoms with Gasteiger partial charge in [0, 0.05) is 30.3 Å². The monoisotopic (exact) mass is 569 g/mol. The Bertz CT molecular complexity index is 1740. The number of hydrogen-bond donors (Lipinski definition) is 2. The Morgan fingerprint density at radius 1 is 1.07 bits per heavy atom. The summed E-state index contributed by atoms with van der Waals surface area (Å²) in [7, 11) is 3.14. The van der Waals surface area contributed by atoms with E-state index in [1.165, 1.54) is 36.7 Å². The summed E-state index contributed by atoms with van der Waals surface area (Å²) in [4.78, 5) is 21.2. The molecule has 2 heterocycles. The third-order valence-electron chi connectivity index (χ3n) is 7.81. The van der Waals surface area contributed by atoms with Gasteiger partial charge < -0.3 is 24.1 Å². The maximum absolute atomic E-state index is 14.0. The van der Waals surface area contributed by atoms with Crippen molar-refractivity contribution >= 4 is 0 Å². The van der Waals surface area contributed by atoms with Crippen LogP contribution in [0, 0.1) is 31.5 Å². The average Bonchev–Trinajstić information content (AvgIpc) is 3.63. The van der Waals surface area contributed by atoms with E-state index in [1.54, 1.807) is 59.3 Å². The highest BCUT2D eigenvalue weighted by Crippen LogP contribution is 2.42. The topological polar surface area (TPSA) is 89.4 Å². The van der Waals surface area contributed by atoms with Crippen LogP contribution < -0.4 is 15.0 Å². The van der Waals surface area contributed by atoms with Crippen molar-refractivity contribution in [3.8, 4) is 40.2 Å². The van der Waals surface area contributed by atoms with E-state index < -0.39 is 5.60 Å². The quantitative estimate of drug-likeness (QED) is 0.255. The second-order valence-electron chi connectivity index (χ2n) is 11.5. The molecule has 0 saturated heterocycles. The third-order valence-corrected chi connectivity index (χ3v) is 7.81. The zero-order valence-corrected chi connectivity index (χ0v) is 24.9. The Balaban J connectivity index is 1.65. The summed E-state index contributed by atoms with van der Waals surface area (Å²) in [5.41, 5.74) is 2.40. The van der Waals surface area contributed by atoms with Crippen molar-refractivity contribution in [2.45, 2.75) is 64.9 Å². The molecule has 1 aliphatic carbocycles. The fourth-order valence-electron chi connectivity index (χ4n) is 5.55. The number of methoxy groups -OCH3 is 1. The number of aliphatic hydroxyl groups is 1. The largest absolute Gasteiger partial charge is 0.495 e. The van der Waals surface area contributed by atoms with Crippen LogP contribution >= 0.6 is 0 Å². The number of aromatic nitrogens is 3. The van der Waals surface area contributed by atoms with E-state index in [0.717, 1.165) is 18.7 Å². The van der Waals surface area contributed by atoms with Crippen LogP contribution in [0.4, 0.5) is 4.39 Å². The van der Waals surface area contributed by atoms with Crippen molar-refractivity contribution in [3.05, 3.63) is 92.7 Å². The van der Waals surface area contributed by atoms with Crippen LogP contribution in [0.25, 0.3) is 11.1 Å². The van der Waals surface area contributed by atoms with Crippen LogP contribution in [0.3, 0.4) is 0 Å². The molecule has 7 nitrogen and oxygen atoms in total. The first kappa shape index (κ1) is 29.2. The van der Waals surface area contributed by atoms with Crippen LogP contribution in [-0.2, 0) is 12.6 Å². The standard InChI is InChI=1S/C34H36FN3O4/c1-20-15-24(35)16-21(2)30(20)42-29-14-11-23(34(3,4)40)17-27(29)28-19-38(5)33(39)26(31(28)41-6)13-12-25-18-36-32(37-25)22-9-7-8-10-22/h11,14-19,22,40H,7-10H2,1-6H3,(H,36,37). The van der Waals surface area contributed by atoms with Gasteiger partial charge in [-0.25, -0.2) is 9.37 Å². The van der Waals surface area contributed by atoms with E-state index in [9.17, 15) is 14.3 Å². The van der Waals surface area contributed by atoms with E-state index in [4.69, 9.17) is 9.47 Å². The summed E-state index contributed by atoms with van der Waals surface area (Å²) in [5.74, 6) is 8.36. The van der Waals surface area contributed by atoms with Crippen molar-refractivity contribution in [1.29, 1.82) is 0 Å². The van der Waals surface area contributed by atoms with Crippen LogP contribution in [0.5, 0.6) is 17.2 Å². The van der Waals surface area contributed by atoms with Crippen LogP contribution in [0.2, 0.25) is 0 Å². The van der Waals surface area contributed by atoms with Gasteiger partial charge in [0.25, 0.3) is 5.56 Å². The molecule has 218 valence electrons. The molecular formula is C34H36FN3O4. The van der Waals surface area contributed by atoms with Gasteiger partial charge in [0.1, 0.15) is 40.1 Å². The molecule has 5 rings (SSSR count). The molecule has 2 aromatic heterocycles. The molecule has 1 fully saturated rings. The lowest BCUT2D eigenvalue weighted by atomic mass is 9.93. The molecule has 0 atom stereocenters. The zero-order valence-electron chi connectivity index (χ0n) is 24.9. The maximum Gasteiger partial charge on any atom is 0.269 e. The second-order valence-corrected chi connectivity index (χ2v) is 11.5. The number of pyridine rings is 1. The average molecular weight is 570 g/mol. The lowest BCUT2D eigenvalue weighted by Gasteiger charge is -2.22. The molecule has 0 unspecified atom stereocenters. The van der Waals surface area contributed by atoms with Gasteiger partial charge in [-0.05, 0) is 87.4 Å². The van der Waals surface area contributed by atoms with Crippen molar-refractivity contribution in [3.63, 3.8) is 0 Å². The molecule has 2 aromatic carbocycles. The summed E-state index contributed by atoms with van der Waals surface area (Å²) in [6.45, 7) is 6.95. The van der Waals surface area contributed by atoms with Gasteiger partial charge in [0.15, 0.2) is 0 Å². The van der Waals surface area contributed by atoms with Gasteiger partial charge in [0.2, 0.25) is 0 Å². The number of hydrogen-bond acceptors (Lipinski definition) is 5. The van der Waals surface area contributed by atoms with Gasteiger partial charge >= 0.3 is 0 Å². The molecule has 0 amide bonds. The van der Waals surface area contributed by atoms with Crippen molar-refractivity contribution in [1.82, 2.24) is 14.5 Å². The van der Waals surface area contributed by atoms with E-state index in [2.05, 4.69) is 21.8 Å². The van der Waals surface area contributed by atoms with Gasteiger partial charge in [-0.15, -0.1) is 0 Å². The Morgan fingerprint density at radius 3 is 2.40 bits per heavy atom. The minimum Gasteiger partial charge on any atom is -0.495 e. The first-order chi connectivity index (χ1) is 20.0. The van der Waals surface area contributed by atoms with Gasteiger partial charge in [-0.2, -0.15) is 0 Å². The number of ether oxygens (including phenoxy) is 2.